The number of alkyl halides is 3. The Morgan fingerprint density at radius 3 is 2.60 bits per heavy atom. The Morgan fingerprint density at radius 1 is 1.33 bits per heavy atom. The lowest BCUT2D eigenvalue weighted by molar-refractivity contribution is -0.140. The van der Waals surface area contributed by atoms with Crippen LogP contribution in [-0.2, 0) is 17.5 Å². The number of rotatable bonds is 4. The zero-order chi connectivity index (χ0) is 21.7. The number of nitrogens with zero attached hydrogens (tertiary/aromatic N) is 3. The van der Waals surface area contributed by atoms with E-state index in [0.717, 1.165) is 36.0 Å². The third kappa shape index (κ3) is 8.44. The van der Waals surface area contributed by atoms with Gasteiger partial charge in [-0.25, -0.2) is 9.78 Å². The molecule has 1 aliphatic rings. The zero-order valence-corrected chi connectivity index (χ0v) is 20.7. The summed E-state index contributed by atoms with van der Waals surface area (Å²) in [4.78, 5) is 21.9. The molecule has 1 amide bonds. The second kappa shape index (κ2) is 11.3. The van der Waals surface area contributed by atoms with Gasteiger partial charge in [-0.3, -0.25) is 4.99 Å². The topological polar surface area (TPSA) is 78.9 Å². The Balaban J connectivity index is 0.00000450. The molecular weight excluding hydrogens is 534 g/mol. The fraction of sp³-hybridized carbons (Fsp3) is 0.722. The first kappa shape index (κ1) is 26.7. The number of guanidine groups is 1. The van der Waals surface area contributed by atoms with Crippen LogP contribution < -0.4 is 10.6 Å². The molecule has 0 aliphatic carbocycles. The van der Waals surface area contributed by atoms with Crippen molar-refractivity contribution in [1.82, 2.24) is 20.5 Å². The van der Waals surface area contributed by atoms with Gasteiger partial charge in [0.2, 0.25) is 0 Å². The molecule has 30 heavy (non-hydrogen) atoms. The van der Waals surface area contributed by atoms with Crippen LogP contribution in [0.1, 0.15) is 50.7 Å². The maximum Gasteiger partial charge on any atom is 0.434 e. The second-order valence-corrected chi connectivity index (χ2v) is 8.70. The highest BCUT2D eigenvalue weighted by molar-refractivity contribution is 14.0. The van der Waals surface area contributed by atoms with Crippen molar-refractivity contribution in [3.63, 3.8) is 0 Å². The fourth-order valence-electron chi connectivity index (χ4n) is 2.89. The van der Waals surface area contributed by atoms with Crippen molar-refractivity contribution in [3.05, 3.63) is 16.1 Å². The van der Waals surface area contributed by atoms with E-state index in [0.29, 0.717) is 24.1 Å². The Labute approximate surface area is 195 Å². The molecular formula is C18H29F3IN5O2S. The molecule has 1 aliphatic heterocycles. The number of aliphatic imine (C=N–C) groups is 1. The van der Waals surface area contributed by atoms with Gasteiger partial charge in [-0.15, -0.1) is 35.3 Å². The van der Waals surface area contributed by atoms with Gasteiger partial charge in [0.15, 0.2) is 11.7 Å². The van der Waals surface area contributed by atoms with Crippen LogP contribution in [0.3, 0.4) is 0 Å². The number of aromatic nitrogens is 1. The minimum absolute atomic E-state index is 0. The predicted octanol–water partition coefficient (Wildman–Crippen LogP) is 4.23. The summed E-state index contributed by atoms with van der Waals surface area (Å²) in [5, 5.41) is 7.40. The Morgan fingerprint density at radius 2 is 2.03 bits per heavy atom. The van der Waals surface area contributed by atoms with Crippen molar-refractivity contribution in [2.45, 2.75) is 64.4 Å². The molecule has 1 saturated heterocycles. The summed E-state index contributed by atoms with van der Waals surface area (Å²) < 4.78 is 43.4. The predicted molar refractivity (Wildman–Crippen MR) is 121 cm³/mol. The third-order valence-corrected chi connectivity index (χ3v) is 5.08. The largest absolute Gasteiger partial charge is 0.444 e. The van der Waals surface area contributed by atoms with Crippen molar-refractivity contribution < 1.29 is 22.7 Å². The van der Waals surface area contributed by atoms with Crippen molar-refractivity contribution in [2.24, 2.45) is 4.99 Å². The lowest BCUT2D eigenvalue weighted by atomic mass is 10.0. The molecule has 7 nitrogen and oxygen atoms in total. The molecule has 172 valence electrons. The van der Waals surface area contributed by atoms with Gasteiger partial charge in [0.1, 0.15) is 10.6 Å². The van der Waals surface area contributed by atoms with Crippen LogP contribution in [0.2, 0.25) is 0 Å². The van der Waals surface area contributed by atoms with E-state index in [1.54, 1.807) is 11.9 Å². The second-order valence-electron chi connectivity index (χ2n) is 7.75. The van der Waals surface area contributed by atoms with Gasteiger partial charge in [0.05, 0.1) is 12.6 Å². The molecule has 12 heteroatoms. The fourth-order valence-corrected chi connectivity index (χ4v) is 3.63. The summed E-state index contributed by atoms with van der Waals surface area (Å²) >= 11 is 0.939. The molecule has 1 unspecified atom stereocenters. The van der Waals surface area contributed by atoms with Crippen LogP contribution in [0.15, 0.2) is 10.4 Å². The number of halogens is 4. The molecule has 0 spiro atoms. The van der Waals surface area contributed by atoms with Gasteiger partial charge >= 0.3 is 12.3 Å². The number of likely N-dealkylation sites (tertiary alicyclic amines) is 1. The summed E-state index contributed by atoms with van der Waals surface area (Å²) in [5.41, 5.74) is -1.45. The number of piperidine rings is 1. The first-order chi connectivity index (χ1) is 13.5. The number of carbonyl (C=O) groups excluding carboxylic acids is 1. The Kier molecular flexibility index (Phi) is 10.1. The molecule has 0 radical (unpaired) electrons. The van der Waals surface area contributed by atoms with Crippen molar-refractivity contribution in [2.75, 3.05) is 20.1 Å². The van der Waals surface area contributed by atoms with Gasteiger partial charge in [-0.1, -0.05) is 0 Å². The van der Waals surface area contributed by atoms with E-state index in [4.69, 9.17) is 4.74 Å². The van der Waals surface area contributed by atoms with Gasteiger partial charge in [0.25, 0.3) is 0 Å². The number of amides is 1. The lowest BCUT2D eigenvalue weighted by Crippen LogP contribution is -2.52. The summed E-state index contributed by atoms with van der Waals surface area (Å²) in [6, 6.07) is -0.0474. The lowest BCUT2D eigenvalue weighted by Gasteiger charge is -2.37. The van der Waals surface area contributed by atoms with E-state index in [2.05, 4.69) is 20.6 Å². The molecule has 1 aromatic rings. The highest BCUT2D eigenvalue weighted by atomic mass is 127. The zero-order valence-electron chi connectivity index (χ0n) is 17.5. The smallest absolute Gasteiger partial charge is 0.434 e. The van der Waals surface area contributed by atoms with E-state index in [1.165, 1.54) is 0 Å². The van der Waals surface area contributed by atoms with Crippen molar-refractivity contribution in [1.29, 1.82) is 0 Å². The molecule has 2 rings (SSSR count). The summed E-state index contributed by atoms with van der Waals surface area (Å²) in [6.45, 7) is 6.71. The summed E-state index contributed by atoms with van der Waals surface area (Å²) in [6.07, 6.45) is -2.01. The molecule has 1 atom stereocenters. The Hall–Kier alpha value is -1.31. The summed E-state index contributed by atoms with van der Waals surface area (Å²) in [5.74, 6) is 0.434. The van der Waals surface area contributed by atoms with Crippen LogP contribution in [0.5, 0.6) is 0 Å². The van der Waals surface area contributed by atoms with Crippen LogP contribution in [-0.4, -0.2) is 53.7 Å². The number of hydrogen-bond acceptors (Lipinski definition) is 5. The van der Waals surface area contributed by atoms with E-state index in [9.17, 15) is 18.0 Å². The van der Waals surface area contributed by atoms with Gasteiger partial charge in [-0.05, 0) is 40.0 Å². The number of ether oxygens (including phenoxy) is 1. The highest BCUT2D eigenvalue weighted by Gasteiger charge is 2.34. The molecule has 0 bridgehead atoms. The SMILES string of the molecule is CN=C(NCc1nc(C(F)(F)F)cs1)NCC1CCCCN1C(=O)OC(C)(C)C.I. The van der Waals surface area contributed by atoms with Crippen LogP contribution in [0.25, 0.3) is 0 Å². The van der Waals surface area contributed by atoms with Crippen LogP contribution in [0.4, 0.5) is 18.0 Å². The van der Waals surface area contributed by atoms with E-state index in [1.807, 2.05) is 20.8 Å². The highest BCUT2D eigenvalue weighted by Crippen LogP contribution is 2.29. The molecule has 0 aromatic carbocycles. The molecule has 2 N–H and O–H groups in total. The minimum Gasteiger partial charge on any atom is -0.444 e. The van der Waals surface area contributed by atoms with Gasteiger partial charge in [0, 0.05) is 25.5 Å². The first-order valence-corrected chi connectivity index (χ1v) is 10.3. The standard InChI is InChI=1S/C18H28F3N5O2S.HI/c1-17(2,3)28-16(27)26-8-6-5-7-12(26)9-23-15(22-4)24-10-14-25-13(11-29-14)18(19,20)21;/h11-12H,5-10H2,1-4H3,(H2,22,23,24);1H. The number of carbonyl (C=O) groups is 1. The maximum absolute atomic E-state index is 12.6. The average Bonchev–Trinajstić information content (AvgIpc) is 3.10. The van der Waals surface area contributed by atoms with Crippen molar-refractivity contribution in [3.8, 4) is 0 Å². The van der Waals surface area contributed by atoms with E-state index in [-0.39, 0.29) is 42.7 Å². The summed E-state index contributed by atoms with van der Waals surface area (Å²) in [7, 11) is 1.57. The molecule has 1 fully saturated rings. The molecule has 2 heterocycles. The molecule has 1 aromatic heterocycles. The normalized spacial score (nSPS) is 17.9. The van der Waals surface area contributed by atoms with Crippen molar-refractivity contribution >= 4 is 47.4 Å². The third-order valence-electron chi connectivity index (χ3n) is 4.23. The van der Waals surface area contributed by atoms with Gasteiger partial charge < -0.3 is 20.3 Å². The number of nitrogens with one attached hydrogen (secondary N) is 2. The monoisotopic (exact) mass is 563 g/mol. The van der Waals surface area contributed by atoms with E-state index >= 15 is 0 Å². The first-order valence-electron chi connectivity index (χ1n) is 9.45. The Bertz CT molecular complexity index is 721. The number of thiazole rings is 1. The maximum atomic E-state index is 12.6. The van der Waals surface area contributed by atoms with Crippen LogP contribution in [0, 0.1) is 0 Å². The number of hydrogen-bond donors (Lipinski definition) is 2. The van der Waals surface area contributed by atoms with Gasteiger partial charge in [-0.2, -0.15) is 13.2 Å². The van der Waals surface area contributed by atoms with Crippen LogP contribution >= 0.6 is 35.3 Å². The minimum atomic E-state index is -4.44. The average molecular weight is 563 g/mol. The quantitative estimate of drug-likeness (QED) is 0.326. The molecule has 0 saturated carbocycles. The van der Waals surface area contributed by atoms with E-state index < -0.39 is 17.5 Å².